The highest BCUT2D eigenvalue weighted by Gasteiger charge is 2.20. The molecule has 2 aromatic carbocycles. The van der Waals surface area contributed by atoms with Crippen LogP contribution >= 0.6 is 0 Å². The van der Waals surface area contributed by atoms with E-state index in [0.29, 0.717) is 17.9 Å². The number of nitrogens with one attached hydrogen (secondary N) is 1. The molecule has 1 fully saturated rings. The van der Waals surface area contributed by atoms with Gasteiger partial charge in [-0.05, 0) is 48.7 Å². The van der Waals surface area contributed by atoms with Crippen molar-refractivity contribution in [2.45, 2.75) is 19.9 Å². The summed E-state index contributed by atoms with van der Waals surface area (Å²) in [5, 5.41) is 2.73. The maximum absolute atomic E-state index is 12.6. The van der Waals surface area contributed by atoms with E-state index >= 15 is 0 Å². The number of ether oxygens (including phenoxy) is 1. The quantitative estimate of drug-likeness (QED) is 0.816. The van der Waals surface area contributed by atoms with Gasteiger partial charge in [-0.1, -0.05) is 24.3 Å². The molecule has 6 nitrogen and oxygen atoms in total. The molecule has 0 bridgehead atoms. The summed E-state index contributed by atoms with van der Waals surface area (Å²) in [6.45, 7) is 6.27. The second-order valence-corrected chi connectivity index (χ2v) is 7.35. The van der Waals surface area contributed by atoms with Gasteiger partial charge >= 0.3 is 0 Å². The van der Waals surface area contributed by atoms with E-state index in [2.05, 4.69) is 41.4 Å². The van der Waals surface area contributed by atoms with Gasteiger partial charge in [-0.3, -0.25) is 14.5 Å². The molecular formula is C23H29N3O3. The molecule has 2 amide bonds. The Morgan fingerprint density at radius 3 is 2.48 bits per heavy atom. The Labute approximate surface area is 172 Å². The van der Waals surface area contributed by atoms with Crippen LogP contribution in [-0.2, 0) is 11.3 Å². The van der Waals surface area contributed by atoms with Crippen molar-refractivity contribution in [3.8, 4) is 5.75 Å². The Morgan fingerprint density at radius 1 is 1.00 bits per heavy atom. The van der Waals surface area contributed by atoms with E-state index < -0.39 is 0 Å². The maximum Gasteiger partial charge on any atom is 0.251 e. The summed E-state index contributed by atoms with van der Waals surface area (Å²) >= 11 is 0. The van der Waals surface area contributed by atoms with Gasteiger partial charge in [-0.15, -0.1) is 0 Å². The Balaban J connectivity index is 1.47. The smallest absolute Gasteiger partial charge is 0.251 e. The van der Waals surface area contributed by atoms with E-state index in [9.17, 15) is 9.59 Å². The minimum Gasteiger partial charge on any atom is -0.497 e. The number of carbonyl (C=O) groups excluding carboxylic acids is 2. The third kappa shape index (κ3) is 5.81. The number of amides is 2. The average molecular weight is 396 g/mol. The summed E-state index contributed by atoms with van der Waals surface area (Å²) in [7, 11) is 1.58. The number of rotatable bonds is 6. The lowest BCUT2D eigenvalue weighted by atomic mass is 10.1. The molecule has 1 N–H and O–H groups in total. The number of carbonyl (C=O) groups is 2. The van der Waals surface area contributed by atoms with Crippen LogP contribution in [0.4, 0.5) is 0 Å². The van der Waals surface area contributed by atoms with Crippen LogP contribution in [0.3, 0.4) is 0 Å². The highest BCUT2D eigenvalue weighted by atomic mass is 16.5. The number of benzene rings is 2. The molecule has 0 atom stereocenters. The zero-order valence-corrected chi connectivity index (χ0v) is 17.2. The highest BCUT2D eigenvalue weighted by Crippen LogP contribution is 2.13. The fourth-order valence-corrected chi connectivity index (χ4v) is 3.52. The van der Waals surface area contributed by atoms with Crippen molar-refractivity contribution in [1.82, 2.24) is 15.1 Å². The molecule has 0 aromatic heterocycles. The molecular weight excluding hydrogens is 366 g/mol. The van der Waals surface area contributed by atoms with Gasteiger partial charge in [0.25, 0.3) is 5.91 Å². The number of nitrogens with zero attached hydrogens (tertiary/aromatic N) is 2. The second kappa shape index (κ2) is 10.1. The molecule has 1 saturated heterocycles. The number of hydrogen-bond acceptors (Lipinski definition) is 4. The van der Waals surface area contributed by atoms with Gasteiger partial charge in [0.05, 0.1) is 13.7 Å². The average Bonchev–Trinajstić information content (AvgIpc) is 2.99. The summed E-state index contributed by atoms with van der Waals surface area (Å²) in [5.41, 5.74) is 3.14. The first-order chi connectivity index (χ1) is 14.1. The van der Waals surface area contributed by atoms with Crippen molar-refractivity contribution in [1.29, 1.82) is 0 Å². The Hall–Kier alpha value is -2.86. The van der Waals surface area contributed by atoms with Crippen LogP contribution in [0.25, 0.3) is 0 Å². The van der Waals surface area contributed by atoms with Crippen molar-refractivity contribution >= 4 is 11.8 Å². The first-order valence-corrected chi connectivity index (χ1v) is 10.0. The number of aryl methyl sites for hydroxylation is 1. The minimum absolute atomic E-state index is 0.0165. The molecule has 0 radical (unpaired) electrons. The molecule has 0 aliphatic carbocycles. The fourth-order valence-electron chi connectivity index (χ4n) is 3.52. The van der Waals surface area contributed by atoms with Crippen LogP contribution in [0.1, 0.15) is 27.9 Å². The summed E-state index contributed by atoms with van der Waals surface area (Å²) < 4.78 is 5.09. The summed E-state index contributed by atoms with van der Waals surface area (Å²) in [6.07, 6.45) is 0.935. The maximum atomic E-state index is 12.6. The molecule has 0 unspecified atom stereocenters. The first kappa shape index (κ1) is 20.9. The Kier molecular flexibility index (Phi) is 7.25. The van der Waals surface area contributed by atoms with E-state index in [1.54, 1.807) is 31.4 Å². The zero-order chi connectivity index (χ0) is 20.6. The SMILES string of the molecule is COc1ccc(C(=O)NCC(=O)N2CCCN(Cc3ccccc3C)CC2)cc1. The molecule has 1 aliphatic heterocycles. The molecule has 0 spiro atoms. The van der Waals surface area contributed by atoms with Crippen molar-refractivity contribution < 1.29 is 14.3 Å². The molecule has 0 saturated carbocycles. The lowest BCUT2D eigenvalue weighted by Gasteiger charge is -2.22. The van der Waals surface area contributed by atoms with Crippen molar-refractivity contribution in [3.05, 3.63) is 65.2 Å². The lowest BCUT2D eigenvalue weighted by molar-refractivity contribution is -0.130. The normalized spacial score (nSPS) is 14.9. The Morgan fingerprint density at radius 2 is 1.76 bits per heavy atom. The van der Waals surface area contributed by atoms with Gasteiger partial charge in [0, 0.05) is 38.3 Å². The monoisotopic (exact) mass is 395 g/mol. The van der Waals surface area contributed by atoms with E-state index in [1.165, 1.54) is 11.1 Å². The molecule has 2 aromatic rings. The van der Waals surface area contributed by atoms with E-state index in [-0.39, 0.29) is 18.4 Å². The third-order valence-corrected chi connectivity index (χ3v) is 5.35. The Bertz CT molecular complexity index is 836. The van der Waals surface area contributed by atoms with Gasteiger partial charge < -0.3 is 15.0 Å². The van der Waals surface area contributed by atoms with Gasteiger partial charge in [0.15, 0.2) is 0 Å². The molecule has 1 aliphatic rings. The van der Waals surface area contributed by atoms with Gasteiger partial charge in [0.2, 0.25) is 5.91 Å². The lowest BCUT2D eigenvalue weighted by Crippen LogP contribution is -2.42. The van der Waals surface area contributed by atoms with Crippen LogP contribution in [-0.4, -0.2) is 61.4 Å². The first-order valence-electron chi connectivity index (χ1n) is 10.0. The minimum atomic E-state index is -0.253. The van der Waals surface area contributed by atoms with E-state index in [4.69, 9.17) is 4.74 Å². The summed E-state index contributed by atoms with van der Waals surface area (Å²) in [4.78, 5) is 29.1. The van der Waals surface area contributed by atoms with Gasteiger partial charge in [-0.2, -0.15) is 0 Å². The second-order valence-electron chi connectivity index (χ2n) is 7.35. The zero-order valence-electron chi connectivity index (χ0n) is 17.2. The molecule has 6 heteroatoms. The topological polar surface area (TPSA) is 61.9 Å². The van der Waals surface area contributed by atoms with Crippen molar-refractivity contribution in [2.75, 3.05) is 39.8 Å². The molecule has 29 heavy (non-hydrogen) atoms. The molecule has 1 heterocycles. The van der Waals surface area contributed by atoms with Crippen LogP contribution in [0.15, 0.2) is 48.5 Å². The largest absolute Gasteiger partial charge is 0.497 e. The summed E-state index contributed by atoms with van der Waals surface area (Å²) in [5.74, 6) is 0.402. The van der Waals surface area contributed by atoms with Crippen LogP contribution in [0, 0.1) is 6.92 Å². The van der Waals surface area contributed by atoms with Crippen LogP contribution < -0.4 is 10.1 Å². The summed E-state index contributed by atoms with van der Waals surface area (Å²) in [6, 6.07) is 15.3. The predicted molar refractivity (Wildman–Crippen MR) is 113 cm³/mol. The standard InChI is InChI=1S/C23H29N3O3/c1-18-6-3-4-7-20(18)17-25-12-5-13-26(15-14-25)22(27)16-24-23(28)19-8-10-21(29-2)11-9-19/h3-4,6-11H,5,12-17H2,1-2H3,(H,24,28). The highest BCUT2D eigenvalue weighted by molar-refractivity contribution is 5.96. The fraction of sp³-hybridized carbons (Fsp3) is 0.391. The number of methoxy groups -OCH3 is 1. The van der Waals surface area contributed by atoms with E-state index in [1.807, 2.05) is 4.90 Å². The van der Waals surface area contributed by atoms with Crippen molar-refractivity contribution in [2.24, 2.45) is 0 Å². The predicted octanol–water partition coefficient (Wildman–Crippen LogP) is 2.47. The molecule has 154 valence electrons. The van der Waals surface area contributed by atoms with Crippen LogP contribution in [0.5, 0.6) is 5.75 Å². The van der Waals surface area contributed by atoms with Crippen LogP contribution in [0.2, 0.25) is 0 Å². The van der Waals surface area contributed by atoms with E-state index in [0.717, 1.165) is 32.6 Å². The number of hydrogen-bond donors (Lipinski definition) is 1. The van der Waals surface area contributed by atoms with Gasteiger partial charge in [-0.25, -0.2) is 0 Å². The van der Waals surface area contributed by atoms with Crippen molar-refractivity contribution in [3.63, 3.8) is 0 Å². The van der Waals surface area contributed by atoms with Gasteiger partial charge in [0.1, 0.15) is 5.75 Å². The third-order valence-electron chi connectivity index (χ3n) is 5.35. The molecule has 3 rings (SSSR count).